The number of nitrogens with one attached hydrogen (secondary N) is 1. The minimum atomic E-state index is 0.560. The molecule has 1 N–H and O–H groups in total. The van der Waals surface area contributed by atoms with E-state index >= 15 is 0 Å². The van der Waals surface area contributed by atoms with E-state index in [0.29, 0.717) is 11.3 Å². The van der Waals surface area contributed by atoms with Crippen LogP contribution in [0.25, 0.3) is 0 Å². The van der Waals surface area contributed by atoms with Crippen LogP contribution >= 0.6 is 11.3 Å². The van der Waals surface area contributed by atoms with Crippen molar-refractivity contribution >= 4 is 11.3 Å². The van der Waals surface area contributed by atoms with Crippen LogP contribution in [0.2, 0.25) is 0 Å². The van der Waals surface area contributed by atoms with Crippen molar-refractivity contribution < 1.29 is 0 Å². The fraction of sp³-hybridized carbons (Fsp3) is 0.800. The van der Waals surface area contributed by atoms with Crippen LogP contribution in [0.15, 0.2) is 0 Å². The molecule has 0 bridgehead atoms. The van der Waals surface area contributed by atoms with Gasteiger partial charge in [-0.1, -0.05) is 19.8 Å². The van der Waals surface area contributed by atoms with Crippen LogP contribution in [0.4, 0.5) is 0 Å². The highest BCUT2D eigenvalue weighted by molar-refractivity contribution is 7.11. The van der Waals surface area contributed by atoms with Crippen LogP contribution in [-0.2, 0) is 12.8 Å². The molecule has 1 heterocycles. The highest BCUT2D eigenvalue weighted by Crippen LogP contribution is 2.49. The third-order valence-corrected chi connectivity index (χ3v) is 6.15. The Balaban J connectivity index is 1.79. The highest BCUT2D eigenvalue weighted by Gasteiger charge is 2.38. The minimum absolute atomic E-state index is 0.560. The van der Waals surface area contributed by atoms with E-state index in [4.69, 9.17) is 4.98 Å². The smallest absolute Gasteiger partial charge is 0.0971 e. The summed E-state index contributed by atoms with van der Waals surface area (Å²) in [4.78, 5) is 6.51. The van der Waals surface area contributed by atoms with Gasteiger partial charge < -0.3 is 5.32 Å². The lowest BCUT2D eigenvalue weighted by atomic mass is 9.74. The van der Waals surface area contributed by atoms with Gasteiger partial charge in [-0.2, -0.15) is 0 Å². The Bertz CT molecular complexity index is 418. The third-order valence-electron chi connectivity index (χ3n) is 4.82. The van der Waals surface area contributed by atoms with Gasteiger partial charge in [0.15, 0.2) is 0 Å². The number of nitrogens with zero attached hydrogens (tertiary/aromatic N) is 1. The first kappa shape index (κ1) is 12.6. The number of aromatic nitrogens is 1. The summed E-state index contributed by atoms with van der Waals surface area (Å²) in [5.74, 6) is 0.560. The molecule has 0 amide bonds. The minimum Gasteiger partial charge on any atom is -0.319 e. The number of rotatable bonds is 3. The fourth-order valence-corrected chi connectivity index (χ4v) is 5.04. The van der Waals surface area contributed by atoms with E-state index in [1.54, 1.807) is 4.88 Å². The molecule has 2 nitrogen and oxygen atoms in total. The standard InChI is InChI=1S/C15H24N2S/c1-11(10-16-2)14-17-12-5-8-15(6-3-4-7-15)9-13(12)18-14/h11,16H,3-10H2,1-2H3. The molecule has 3 heteroatoms. The van der Waals surface area contributed by atoms with Crippen molar-refractivity contribution in [2.45, 2.75) is 57.8 Å². The van der Waals surface area contributed by atoms with Gasteiger partial charge in [0.25, 0.3) is 0 Å². The molecule has 2 aliphatic rings. The number of aryl methyl sites for hydroxylation is 1. The lowest BCUT2D eigenvalue weighted by Gasteiger charge is -2.32. The third kappa shape index (κ3) is 2.23. The summed E-state index contributed by atoms with van der Waals surface area (Å²) in [7, 11) is 2.03. The predicted octanol–water partition coefficient (Wildman–Crippen LogP) is 3.52. The van der Waals surface area contributed by atoms with Gasteiger partial charge in [-0.15, -0.1) is 11.3 Å². The van der Waals surface area contributed by atoms with Crippen molar-refractivity contribution in [3.05, 3.63) is 15.6 Å². The van der Waals surface area contributed by atoms with Gasteiger partial charge in [-0.25, -0.2) is 4.98 Å². The van der Waals surface area contributed by atoms with Crippen LogP contribution in [0.1, 0.15) is 60.5 Å². The summed E-state index contributed by atoms with van der Waals surface area (Å²) >= 11 is 1.99. The molecule has 1 fully saturated rings. The van der Waals surface area contributed by atoms with Crippen LogP contribution in [0.5, 0.6) is 0 Å². The summed E-state index contributed by atoms with van der Waals surface area (Å²) < 4.78 is 0. The van der Waals surface area contributed by atoms with Gasteiger partial charge in [-0.05, 0) is 44.6 Å². The number of thiazole rings is 1. The fourth-order valence-electron chi connectivity index (χ4n) is 3.71. The summed E-state index contributed by atoms with van der Waals surface area (Å²) in [6.07, 6.45) is 9.79. The van der Waals surface area contributed by atoms with Gasteiger partial charge in [-0.3, -0.25) is 0 Å². The second kappa shape index (κ2) is 4.93. The number of likely N-dealkylation sites (N-methyl/N-ethyl adjacent to an activating group) is 1. The van der Waals surface area contributed by atoms with Gasteiger partial charge in [0.05, 0.1) is 10.7 Å². The predicted molar refractivity (Wildman–Crippen MR) is 77.4 cm³/mol. The van der Waals surface area contributed by atoms with Gasteiger partial charge >= 0.3 is 0 Å². The molecule has 1 saturated carbocycles. The Morgan fingerprint density at radius 1 is 1.33 bits per heavy atom. The normalized spacial score (nSPS) is 23.2. The summed E-state index contributed by atoms with van der Waals surface area (Å²) in [6.45, 7) is 3.32. The molecule has 18 heavy (non-hydrogen) atoms. The molecule has 1 aromatic heterocycles. The van der Waals surface area contributed by atoms with E-state index in [9.17, 15) is 0 Å². The lowest BCUT2D eigenvalue weighted by Crippen LogP contribution is -2.24. The maximum Gasteiger partial charge on any atom is 0.0971 e. The van der Waals surface area contributed by atoms with Crippen molar-refractivity contribution in [1.82, 2.24) is 10.3 Å². The van der Waals surface area contributed by atoms with Crippen LogP contribution in [-0.4, -0.2) is 18.6 Å². The Morgan fingerprint density at radius 3 is 2.83 bits per heavy atom. The molecule has 1 unspecified atom stereocenters. The second-order valence-electron chi connectivity index (χ2n) is 6.26. The molecule has 1 spiro atoms. The summed E-state index contributed by atoms with van der Waals surface area (Å²) in [5, 5.41) is 4.61. The highest BCUT2D eigenvalue weighted by atomic mass is 32.1. The molecule has 0 radical (unpaired) electrons. The molecule has 3 rings (SSSR count). The van der Waals surface area contributed by atoms with Crippen molar-refractivity contribution in [1.29, 1.82) is 0 Å². The number of fused-ring (bicyclic) bond motifs is 1. The molecule has 100 valence electrons. The maximum atomic E-state index is 4.90. The largest absolute Gasteiger partial charge is 0.319 e. The molecular weight excluding hydrogens is 240 g/mol. The Kier molecular flexibility index (Phi) is 3.46. The lowest BCUT2D eigenvalue weighted by molar-refractivity contribution is 0.256. The zero-order chi connectivity index (χ0) is 12.6. The Hall–Kier alpha value is -0.410. The quantitative estimate of drug-likeness (QED) is 0.903. The van der Waals surface area contributed by atoms with Crippen molar-refractivity contribution in [3.8, 4) is 0 Å². The topological polar surface area (TPSA) is 24.9 Å². The van der Waals surface area contributed by atoms with E-state index in [-0.39, 0.29) is 0 Å². The first-order chi connectivity index (χ1) is 8.72. The average Bonchev–Trinajstić information content (AvgIpc) is 2.96. The van der Waals surface area contributed by atoms with Gasteiger partial charge in [0.2, 0.25) is 0 Å². The molecule has 2 aliphatic carbocycles. The molecule has 0 aliphatic heterocycles. The van der Waals surface area contributed by atoms with Crippen LogP contribution in [0, 0.1) is 5.41 Å². The SMILES string of the molecule is CNCC(C)c1nc2c(s1)CC1(CCCC1)CC2. The first-order valence-electron chi connectivity index (χ1n) is 7.35. The average molecular weight is 264 g/mol. The second-order valence-corrected chi connectivity index (χ2v) is 7.38. The monoisotopic (exact) mass is 264 g/mol. The zero-order valence-electron chi connectivity index (χ0n) is 11.6. The Labute approximate surface area is 114 Å². The van der Waals surface area contributed by atoms with Crippen LogP contribution < -0.4 is 5.32 Å². The van der Waals surface area contributed by atoms with E-state index in [1.165, 1.54) is 55.6 Å². The van der Waals surface area contributed by atoms with Crippen LogP contribution in [0.3, 0.4) is 0 Å². The van der Waals surface area contributed by atoms with E-state index in [0.717, 1.165) is 6.54 Å². The van der Waals surface area contributed by atoms with E-state index < -0.39 is 0 Å². The molecule has 1 aromatic rings. The van der Waals surface area contributed by atoms with Crippen molar-refractivity contribution in [3.63, 3.8) is 0 Å². The molecule has 1 atom stereocenters. The van der Waals surface area contributed by atoms with Crippen molar-refractivity contribution in [2.24, 2.45) is 5.41 Å². The first-order valence-corrected chi connectivity index (χ1v) is 8.17. The maximum absolute atomic E-state index is 4.90. The zero-order valence-corrected chi connectivity index (χ0v) is 12.4. The van der Waals surface area contributed by atoms with E-state index in [1.807, 2.05) is 18.4 Å². The molecular formula is C15H24N2S. The summed E-state index contributed by atoms with van der Waals surface area (Å²) in [5.41, 5.74) is 2.10. The number of hydrogen-bond donors (Lipinski definition) is 1. The van der Waals surface area contributed by atoms with Gasteiger partial charge in [0.1, 0.15) is 0 Å². The van der Waals surface area contributed by atoms with Gasteiger partial charge in [0, 0.05) is 17.3 Å². The van der Waals surface area contributed by atoms with Crippen molar-refractivity contribution in [2.75, 3.05) is 13.6 Å². The Morgan fingerprint density at radius 2 is 2.11 bits per heavy atom. The number of hydrogen-bond acceptors (Lipinski definition) is 3. The molecule has 0 saturated heterocycles. The molecule has 0 aromatic carbocycles. The van der Waals surface area contributed by atoms with E-state index in [2.05, 4.69) is 12.2 Å². The summed E-state index contributed by atoms with van der Waals surface area (Å²) in [6, 6.07) is 0.